The minimum atomic E-state index is 0.0915. The molecule has 0 unspecified atom stereocenters. The number of nitrogens with zero attached hydrogens (tertiary/aromatic N) is 3. The van der Waals surface area contributed by atoms with Crippen molar-refractivity contribution in [1.82, 2.24) is 9.55 Å². The molecule has 0 spiro atoms. The van der Waals surface area contributed by atoms with E-state index in [2.05, 4.69) is 9.55 Å². The molecule has 1 aromatic heterocycles. The molecule has 1 amide bonds. The number of aromatic nitrogens is 2. The minimum Gasteiger partial charge on any atom is -0.493 e. The van der Waals surface area contributed by atoms with Gasteiger partial charge in [-0.3, -0.25) is 9.69 Å². The zero-order valence-corrected chi connectivity index (χ0v) is 14.9. The van der Waals surface area contributed by atoms with Crippen LogP contribution in [0.2, 0.25) is 0 Å². The lowest BCUT2D eigenvalue weighted by molar-refractivity contribution is -0.118. The number of carbonyl (C=O) groups is 1. The Morgan fingerprint density at radius 1 is 1.08 bits per heavy atom. The largest absolute Gasteiger partial charge is 0.493 e. The van der Waals surface area contributed by atoms with E-state index in [9.17, 15) is 4.79 Å². The molecule has 2 heterocycles. The van der Waals surface area contributed by atoms with E-state index in [0.717, 1.165) is 29.1 Å². The first-order valence-corrected chi connectivity index (χ1v) is 8.68. The van der Waals surface area contributed by atoms with Crippen LogP contribution < -0.4 is 14.4 Å². The topological polar surface area (TPSA) is 56.6 Å². The molecule has 0 saturated carbocycles. The van der Waals surface area contributed by atoms with Gasteiger partial charge in [-0.05, 0) is 36.2 Å². The fourth-order valence-electron chi connectivity index (χ4n) is 3.45. The summed E-state index contributed by atoms with van der Waals surface area (Å²) in [5.74, 6) is 2.22. The summed E-state index contributed by atoms with van der Waals surface area (Å²) >= 11 is 0. The highest BCUT2D eigenvalue weighted by molar-refractivity contribution is 5.95. The first-order valence-electron chi connectivity index (χ1n) is 8.68. The zero-order valence-electron chi connectivity index (χ0n) is 14.9. The van der Waals surface area contributed by atoms with Crippen molar-refractivity contribution < 1.29 is 14.3 Å². The normalized spacial score (nSPS) is 13.1. The number of hydrogen-bond acceptors (Lipinski definition) is 4. The number of amides is 1. The SMILES string of the molecule is COc1ccc(CCC(=O)N2CCn3c2nc2ccccc23)cc1OC. The van der Waals surface area contributed by atoms with Crippen molar-refractivity contribution in [3.8, 4) is 11.5 Å². The Labute approximate surface area is 152 Å². The van der Waals surface area contributed by atoms with Gasteiger partial charge in [0.15, 0.2) is 11.5 Å². The van der Waals surface area contributed by atoms with Crippen LogP contribution in [0.4, 0.5) is 5.95 Å². The Bertz CT molecular complexity index is 964. The van der Waals surface area contributed by atoms with Gasteiger partial charge < -0.3 is 14.0 Å². The summed E-state index contributed by atoms with van der Waals surface area (Å²) in [5.41, 5.74) is 3.06. The van der Waals surface area contributed by atoms with E-state index in [4.69, 9.17) is 9.47 Å². The van der Waals surface area contributed by atoms with Gasteiger partial charge in [0.1, 0.15) is 0 Å². The summed E-state index contributed by atoms with van der Waals surface area (Å²) in [5, 5.41) is 0. The lowest BCUT2D eigenvalue weighted by atomic mass is 10.1. The monoisotopic (exact) mass is 351 g/mol. The molecule has 1 aliphatic rings. The van der Waals surface area contributed by atoms with Crippen molar-refractivity contribution in [3.63, 3.8) is 0 Å². The summed E-state index contributed by atoms with van der Waals surface area (Å²) in [6.45, 7) is 1.47. The molecule has 26 heavy (non-hydrogen) atoms. The number of imidazole rings is 1. The highest BCUT2D eigenvalue weighted by Crippen LogP contribution is 2.29. The molecule has 0 bridgehead atoms. The van der Waals surface area contributed by atoms with Gasteiger partial charge in [-0.25, -0.2) is 4.98 Å². The molecule has 6 heteroatoms. The molecule has 0 atom stereocenters. The van der Waals surface area contributed by atoms with Gasteiger partial charge in [-0.15, -0.1) is 0 Å². The van der Waals surface area contributed by atoms with E-state index in [1.165, 1.54) is 0 Å². The number of rotatable bonds is 5. The maximum Gasteiger partial charge on any atom is 0.229 e. The third kappa shape index (κ3) is 2.77. The molecule has 3 aromatic rings. The van der Waals surface area contributed by atoms with E-state index < -0.39 is 0 Å². The molecule has 0 radical (unpaired) electrons. The smallest absolute Gasteiger partial charge is 0.229 e. The molecule has 1 aliphatic heterocycles. The Balaban J connectivity index is 1.49. The fraction of sp³-hybridized carbons (Fsp3) is 0.300. The number of aryl methyl sites for hydroxylation is 1. The molecule has 0 aliphatic carbocycles. The van der Waals surface area contributed by atoms with Crippen LogP contribution in [-0.2, 0) is 17.8 Å². The van der Waals surface area contributed by atoms with Crippen molar-refractivity contribution in [2.24, 2.45) is 0 Å². The second kappa shape index (κ2) is 6.71. The number of benzene rings is 2. The average Bonchev–Trinajstić information content (AvgIpc) is 3.25. The van der Waals surface area contributed by atoms with E-state index >= 15 is 0 Å². The third-order valence-corrected chi connectivity index (χ3v) is 4.80. The number of carbonyl (C=O) groups excluding carboxylic acids is 1. The van der Waals surface area contributed by atoms with Crippen molar-refractivity contribution >= 4 is 22.9 Å². The second-order valence-corrected chi connectivity index (χ2v) is 6.29. The van der Waals surface area contributed by atoms with Crippen molar-refractivity contribution in [2.75, 3.05) is 25.7 Å². The Hall–Kier alpha value is -3.02. The lowest BCUT2D eigenvalue weighted by Gasteiger charge is -2.14. The first-order chi connectivity index (χ1) is 12.7. The van der Waals surface area contributed by atoms with Crippen molar-refractivity contribution in [2.45, 2.75) is 19.4 Å². The quantitative estimate of drug-likeness (QED) is 0.709. The molecule has 4 rings (SSSR count). The van der Waals surface area contributed by atoms with E-state index in [1.54, 1.807) is 19.1 Å². The molecular weight excluding hydrogens is 330 g/mol. The van der Waals surface area contributed by atoms with Gasteiger partial charge in [0.25, 0.3) is 0 Å². The van der Waals surface area contributed by atoms with Gasteiger partial charge >= 0.3 is 0 Å². The van der Waals surface area contributed by atoms with Crippen molar-refractivity contribution in [3.05, 3.63) is 48.0 Å². The molecule has 0 N–H and O–H groups in total. The Morgan fingerprint density at radius 3 is 2.69 bits per heavy atom. The summed E-state index contributed by atoms with van der Waals surface area (Å²) in [7, 11) is 3.22. The van der Waals surface area contributed by atoms with Crippen LogP contribution in [0.15, 0.2) is 42.5 Å². The maximum atomic E-state index is 12.8. The van der Waals surface area contributed by atoms with Crippen LogP contribution in [0.1, 0.15) is 12.0 Å². The molecule has 2 aromatic carbocycles. The highest BCUT2D eigenvalue weighted by Gasteiger charge is 2.27. The third-order valence-electron chi connectivity index (χ3n) is 4.80. The van der Waals surface area contributed by atoms with Crippen LogP contribution >= 0.6 is 0 Å². The second-order valence-electron chi connectivity index (χ2n) is 6.29. The summed E-state index contributed by atoms with van der Waals surface area (Å²) in [6.07, 6.45) is 1.08. The number of fused-ring (bicyclic) bond motifs is 3. The Kier molecular flexibility index (Phi) is 4.24. The number of para-hydroxylation sites is 2. The molecular formula is C20H21N3O3. The summed E-state index contributed by atoms with van der Waals surface area (Å²) in [4.78, 5) is 19.2. The predicted octanol–water partition coefficient (Wildman–Crippen LogP) is 3.03. The van der Waals surface area contributed by atoms with Crippen LogP contribution in [0.25, 0.3) is 11.0 Å². The standard InChI is InChI=1S/C20H21N3O3/c1-25-17-9-7-14(13-18(17)26-2)8-10-19(24)23-12-11-22-16-6-4-3-5-15(16)21-20(22)23/h3-7,9,13H,8,10-12H2,1-2H3. The van der Waals surface area contributed by atoms with Gasteiger partial charge in [0.05, 0.1) is 25.3 Å². The molecule has 0 saturated heterocycles. The number of methoxy groups -OCH3 is 2. The average molecular weight is 351 g/mol. The van der Waals surface area contributed by atoms with E-state index in [-0.39, 0.29) is 5.91 Å². The summed E-state index contributed by atoms with van der Waals surface area (Å²) < 4.78 is 12.7. The van der Waals surface area contributed by atoms with Crippen molar-refractivity contribution in [1.29, 1.82) is 0 Å². The maximum absolute atomic E-state index is 12.8. The molecule has 6 nitrogen and oxygen atoms in total. The summed E-state index contributed by atoms with van der Waals surface area (Å²) in [6, 6.07) is 13.7. The number of hydrogen-bond donors (Lipinski definition) is 0. The molecule has 0 fully saturated rings. The van der Waals surface area contributed by atoms with Gasteiger partial charge in [-0.1, -0.05) is 18.2 Å². The first kappa shape index (κ1) is 16.4. The highest BCUT2D eigenvalue weighted by atomic mass is 16.5. The number of ether oxygens (including phenoxy) is 2. The van der Waals surface area contributed by atoms with E-state index in [1.807, 2.05) is 42.5 Å². The van der Waals surface area contributed by atoms with E-state index in [0.29, 0.717) is 30.9 Å². The van der Waals surface area contributed by atoms with Gasteiger partial charge in [-0.2, -0.15) is 0 Å². The van der Waals surface area contributed by atoms with Gasteiger partial charge in [0, 0.05) is 19.5 Å². The zero-order chi connectivity index (χ0) is 18.1. The Morgan fingerprint density at radius 2 is 1.88 bits per heavy atom. The van der Waals surface area contributed by atoms with Crippen LogP contribution in [0.5, 0.6) is 11.5 Å². The lowest BCUT2D eigenvalue weighted by Crippen LogP contribution is -2.29. The minimum absolute atomic E-state index is 0.0915. The van der Waals surface area contributed by atoms with Crippen LogP contribution in [0.3, 0.4) is 0 Å². The predicted molar refractivity (Wildman–Crippen MR) is 100.0 cm³/mol. The van der Waals surface area contributed by atoms with Crippen LogP contribution in [0, 0.1) is 0 Å². The fourth-order valence-corrected chi connectivity index (χ4v) is 3.45. The number of anilines is 1. The van der Waals surface area contributed by atoms with Crippen LogP contribution in [-0.4, -0.2) is 36.2 Å². The molecule has 134 valence electrons. The van der Waals surface area contributed by atoms with Gasteiger partial charge in [0.2, 0.25) is 11.9 Å².